The fourth-order valence-corrected chi connectivity index (χ4v) is 4.67. The number of carbonyl (C=O) groups excluding carboxylic acids is 1. The summed E-state index contributed by atoms with van der Waals surface area (Å²) < 4.78 is 38.3. The summed E-state index contributed by atoms with van der Waals surface area (Å²) in [5.74, 6) is -1.68. The van der Waals surface area contributed by atoms with Gasteiger partial charge in [-0.15, -0.1) is 0 Å². The van der Waals surface area contributed by atoms with Gasteiger partial charge in [-0.1, -0.05) is 13.8 Å². The zero-order valence-electron chi connectivity index (χ0n) is 17.6. The van der Waals surface area contributed by atoms with Gasteiger partial charge in [-0.05, 0) is 37.1 Å². The smallest absolute Gasteiger partial charge is 0.413 e. The van der Waals surface area contributed by atoms with Gasteiger partial charge in [-0.25, -0.2) is 13.2 Å². The molecule has 31 heavy (non-hydrogen) atoms. The summed E-state index contributed by atoms with van der Waals surface area (Å²) in [6.45, 7) is 5.45. The van der Waals surface area contributed by atoms with Crippen LogP contribution in [0.15, 0.2) is 45.7 Å². The zero-order valence-corrected chi connectivity index (χ0v) is 18.4. The number of anilines is 1. The molecule has 0 aliphatic carbocycles. The van der Waals surface area contributed by atoms with Crippen LogP contribution in [-0.2, 0) is 19.6 Å². The number of rotatable bonds is 7. The lowest BCUT2D eigenvalue weighted by atomic mass is 10.1. The highest BCUT2D eigenvalue weighted by Crippen LogP contribution is 2.33. The summed E-state index contributed by atoms with van der Waals surface area (Å²) in [5, 5.41) is 10.7. The minimum absolute atomic E-state index is 0.101. The first-order chi connectivity index (χ1) is 14.6. The summed E-state index contributed by atoms with van der Waals surface area (Å²) in [7, 11) is -2.78. The van der Waals surface area contributed by atoms with Gasteiger partial charge < -0.3 is 14.3 Å². The fraction of sp³-hybridized carbons (Fsp3) is 0.333. The highest BCUT2D eigenvalue weighted by Gasteiger charge is 2.28. The van der Waals surface area contributed by atoms with Gasteiger partial charge in [0, 0.05) is 29.4 Å². The van der Waals surface area contributed by atoms with Gasteiger partial charge in [0.25, 0.3) is 0 Å². The van der Waals surface area contributed by atoms with Gasteiger partial charge in [0.15, 0.2) is 0 Å². The number of hydrogen-bond donors (Lipinski definition) is 2. The largest absolute Gasteiger partial charge is 0.480 e. The molecule has 2 N–H and O–H groups in total. The number of ether oxygens (including phenoxy) is 1. The number of nitrogens with one attached hydrogen (secondary N) is 1. The van der Waals surface area contributed by atoms with Crippen molar-refractivity contribution in [2.24, 2.45) is 5.92 Å². The maximum Gasteiger partial charge on any atom is 0.413 e. The van der Waals surface area contributed by atoms with Gasteiger partial charge in [-0.2, -0.15) is 4.72 Å². The molecular formula is C21H24N2O7S. The molecule has 0 saturated heterocycles. The Morgan fingerprint density at radius 1 is 1.13 bits per heavy atom. The summed E-state index contributed by atoms with van der Waals surface area (Å²) >= 11 is 0. The lowest BCUT2D eigenvalue weighted by Crippen LogP contribution is -2.44. The lowest BCUT2D eigenvalue weighted by Gasteiger charge is -2.18. The molecule has 1 atom stereocenters. The van der Waals surface area contributed by atoms with Crippen LogP contribution in [0, 0.1) is 5.92 Å². The first-order valence-electron chi connectivity index (χ1n) is 9.66. The molecule has 9 nitrogen and oxygen atoms in total. The van der Waals surface area contributed by atoms with Crippen molar-refractivity contribution in [3.63, 3.8) is 0 Å². The van der Waals surface area contributed by atoms with Crippen molar-refractivity contribution in [1.29, 1.82) is 0 Å². The number of carboxylic acids is 1. The Morgan fingerprint density at radius 3 is 2.29 bits per heavy atom. The molecule has 0 bridgehead atoms. The van der Waals surface area contributed by atoms with Crippen LogP contribution < -0.4 is 9.62 Å². The summed E-state index contributed by atoms with van der Waals surface area (Å²) in [4.78, 5) is 24.7. The molecule has 10 heteroatoms. The number of methoxy groups -OCH3 is 1. The molecular weight excluding hydrogens is 424 g/mol. The van der Waals surface area contributed by atoms with E-state index >= 15 is 0 Å². The summed E-state index contributed by atoms with van der Waals surface area (Å²) in [6, 6.07) is 8.34. The molecule has 0 spiro atoms. The number of nitrogens with zero attached hydrogens (tertiary/aromatic N) is 1. The van der Waals surface area contributed by atoms with Crippen LogP contribution in [0.25, 0.3) is 21.9 Å². The summed E-state index contributed by atoms with van der Waals surface area (Å²) in [6.07, 6.45) is -0.504. The van der Waals surface area contributed by atoms with E-state index in [4.69, 9.17) is 9.15 Å². The number of hydrogen-bond acceptors (Lipinski definition) is 6. The lowest BCUT2D eigenvalue weighted by molar-refractivity contribution is -0.140. The SMILES string of the molecule is CCN(C(=O)OC)c1ccc2c(c1)oc1cc(S(=O)(=O)N[C@H](C(=O)O)C(C)C)ccc12. The molecule has 0 aliphatic rings. The van der Waals surface area contributed by atoms with E-state index in [1.165, 1.54) is 24.1 Å². The molecule has 166 valence electrons. The highest BCUT2D eigenvalue weighted by molar-refractivity contribution is 7.89. The number of carboxylic acid groups (broad SMARTS) is 1. The maximum atomic E-state index is 12.7. The quantitative estimate of drug-likeness (QED) is 0.566. The number of benzene rings is 2. The van der Waals surface area contributed by atoms with Crippen molar-refractivity contribution < 1.29 is 32.3 Å². The van der Waals surface area contributed by atoms with Crippen LogP contribution in [-0.4, -0.2) is 45.3 Å². The molecule has 3 aromatic rings. The van der Waals surface area contributed by atoms with E-state index in [0.717, 1.165) is 5.39 Å². The molecule has 1 aromatic heterocycles. The normalized spacial score (nSPS) is 12.9. The Balaban J connectivity index is 2.03. The number of fused-ring (bicyclic) bond motifs is 3. The van der Waals surface area contributed by atoms with Crippen molar-refractivity contribution in [2.75, 3.05) is 18.6 Å². The van der Waals surface area contributed by atoms with E-state index in [0.29, 0.717) is 28.8 Å². The van der Waals surface area contributed by atoms with Crippen molar-refractivity contribution in [3.8, 4) is 0 Å². The average molecular weight is 448 g/mol. The third-order valence-corrected chi connectivity index (χ3v) is 6.42. The number of carbonyl (C=O) groups is 2. The van der Waals surface area contributed by atoms with Crippen LogP contribution in [0.4, 0.5) is 10.5 Å². The summed E-state index contributed by atoms with van der Waals surface area (Å²) in [5.41, 5.74) is 1.38. The molecule has 2 aromatic carbocycles. The molecule has 3 rings (SSSR count). The van der Waals surface area contributed by atoms with Crippen LogP contribution in [0.5, 0.6) is 0 Å². The van der Waals surface area contributed by atoms with E-state index in [2.05, 4.69) is 4.72 Å². The second-order valence-electron chi connectivity index (χ2n) is 7.34. The Bertz CT molecular complexity index is 1250. The third kappa shape index (κ3) is 4.35. The first kappa shape index (κ1) is 22.6. The van der Waals surface area contributed by atoms with Crippen LogP contribution in [0.3, 0.4) is 0 Å². The standard InChI is InChI=1S/C21H24N2O7S/c1-5-23(21(26)29-4)13-6-8-15-16-9-7-14(11-18(16)30-17(15)10-13)31(27,28)22-19(12(2)3)20(24)25/h6-12,19,22H,5H2,1-4H3,(H,24,25)/t19-/m0/s1. The Morgan fingerprint density at radius 2 is 1.74 bits per heavy atom. The fourth-order valence-electron chi connectivity index (χ4n) is 3.32. The van der Waals surface area contributed by atoms with E-state index in [1.807, 2.05) is 6.92 Å². The average Bonchev–Trinajstić information content (AvgIpc) is 3.09. The van der Waals surface area contributed by atoms with Crippen molar-refractivity contribution in [2.45, 2.75) is 31.7 Å². The van der Waals surface area contributed by atoms with Gasteiger partial charge in [0.1, 0.15) is 17.2 Å². The molecule has 0 unspecified atom stereocenters. The Kier molecular flexibility index (Phi) is 6.23. The molecule has 0 radical (unpaired) electrons. The van der Waals surface area contributed by atoms with Crippen molar-refractivity contribution in [3.05, 3.63) is 36.4 Å². The molecule has 1 amide bonds. The van der Waals surface area contributed by atoms with Gasteiger partial charge in [0.05, 0.1) is 17.7 Å². The van der Waals surface area contributed by atoms with E-state index < -0.39 is 34.0 Å². The van der Waals surface area contributed by atoms with Crippen LogP contribution in [0.2, 0.25) is 0 Å². The van der Waals surface area contributed by atoms with E-state index in [9.17, 15) is 23.1 Å². The predicted molar refractivity (Wildman–Crippen MR) is 116 cm³/mol. The minimum Gasteiger partial charge on any atom is -0.480 e. The highest BCUT2D eigenvalue weighted by atomic mass is 32.2. The maximum absolute atomic E-state index is 12.7. The van der Waals surface area contributed by atoms with Gasteiger partial charge in [-0.3, -0.25) is 9.69 Å². The van der Waals surface area contributed by atoms with Crippen molar-refractivity contribution in [1.82, 2.24) is 4.72 Å². The van der Waals surface area contributed by atoms with Crippen LogP contribution in [0.1, 0.15) is 20.8 Å². The molecule has 0 fully saturated rings. The monoisotopic (exact) mass is 448 g/mol. The Labute approximate surface area is 179 Å². The minimum atomic E-state index is -4.08. The molecule has 0 aliphatic heterocycles. The molecule has 1 heterocycles. The number of furan rings is 1. The van der Waals surface area contributed by atoms with Gasteiger partial charge >= 0.3 is 12.1 Å². The first-order valence-corrected chi connectivity index (χ1v) is 11.1. The topological polar surface area (TPSA) is 126 Å². The predicted octanol–water partition coefficient (Wildman–Crippen LogP) is 3.57. The third-order valence-electron chi connectivity index (χ3n) is 4.98. The number of amides is 1. The Hall–Kier alpha value is -3.11. The second-order valence-corrected chi connectivity index (χ2v) is 9.05. The number of aliphatic carboxylic acids is 1. The number of sulfonamides is 1. The van der Waals surface area contributed by atoms with E-state index in [-0.39, 0.29) is 4.90 Å². The zero-order chi connectivity index (χ0) is 22.9. The van der Waals surface area contributed by atoms with Crippen molar-refractivity contribution >= 4 is 49.7 Å². The van der Waals surface area contributed by atoms with Crippen LogP contribution >= 0.6 is 0 Å². The second kappa shape index (κ2) is 8.56. The molecule has 0 saturated carbocycles. The van der Waals surface area contributed by atoms with E-state index in [1.54, 1.807) is 38.1 Å². The van der Waals surface area contributed by atoms with Gasteiger partial charge in [0.2, 0.25) is 10.0 Å².